The standard InChI is InChI=1S/C15H13ClO3S/c1-18-13-7-10(9-17)15(8-14(13)19-2)20-12-5-3-11(16)4-6-12/h3-9H,1-2H3. The van der Waals surface area contributed by atoms with Gasteiger partial charge in [0.05, 0.1) is 14.2 Å². The lowest BCUT2D eigenvalue weighted by Crippen LogP contribution is -1.94. The normalized spacial score (nSPS) is 10.2. The van der Waals surface area contributed by atoms with Gasteiger partial charge in [0.25, 0.3) is 0 Å². The number of ether oxygens (including phenoxy) is 2. The lowest BCUT2D eigenvalue weighted by molar-refractivity contribution is 0.112. The molecule has 0 fully saturated rings. The predicted molar refractivity (Wildman–Crippen MR) is 80.5 cm³/mol. The quantitative estimate of drug-likeness (QED) is 0.771. The summed E-state index contributed by atoms with van der Waals surface area (Å²) in [5.74, 6) is 1.13. The molecule has 0 radical (unpaired) electrons. The molecule has 0 saturated heterocycles. The van der Waals surface area contributed by atoms with Crippen LogP contribution in [0.15, 0.2) is 46.2 Å². The van der Waals surface area contributed by atoms with Crippen molar-refractivity contribution in [3.63, 3.8) is 0 Å². The molecular weight excluding hydrogens is 296 g/mol. The molecule has 0 aliphatic rings. The Kier molecular flexibility index (Phi) is 4.93. The molecule has 3 nitrogen and oxygen atoms in total. The van der Waals surface area contributed by atoms with Gasteiger partial charge >= 0.3 is 0 Å². The molecule has 0 bridgehead atoms. The molecule has 0 saturated carbocycles. The van der Waals surface area contributed by atoms with E-state index < -0.39 is 0 Å². The van der Waals surface area contributed by atoms with Gasteiger partial charge in [0.2, 0.25) is 0 Å². The Labute approximate surface area is 126 Å². The summed E-state index contributed by atoms with van der Waals surface area (Å²) in [6.07, 6.45) is 0.806. The fraction of sp³-hybridized carbons (Fsp3) is 0.133. The summed E-state index contributed by atoms with van der Waals surface area (Å²) in [4.78, 5) is 13.0. The van der Waals surface area contributed by atoms with Gasteiger partial charge in [-0.15, -0.1) is 0 Å². The van der Waals surface area contributed by atoms with Crippen molar-refractivity contribution in [1.82, 2.24) is 0 Å². The fourth-order valence-corrected chi connectivity index (χ4v) is 2.73. The summed E-state index contributed by atoms with van der Waals surface area (Å²) in [6, 6.07) is 10.9. The second-order valence-electron chi connectivity index (χ2n) is 3.92. The summed E-state index contributed by atoms with van der Waals surface area (Å²) in [5, 5.41) is 0.678. The van der Waals surface area contributed by atoms with Crippen molar-refractivity contribution in [2.45, 2.75) is 9.79 Å². The lowest BCUT2D eigenvalue weighted by Gasteiger charge is -2.11. The van der Waals surface area contributed by atoms with Crippen LogP contribution in [0, 0.1) is 0 Å². The summed E-state index contributed by atoms with van der Waals surface area (Å²) in [6.45, 7) is 0. The topological polar surface area (TPSA) is 35.5 Å². The van der Waals surface area contributed by atoms with Crippen LogP contribution in [0.1, 0.15) is 10.4 Å². The number of aldehydes is 1. The molecule has 0 aliphatic heterocycles. The van der Waals surface area contributed by atoms with Crippen molar-refractivity contribution in [3.05, 3.63) is 47.0 Å². The molecule has 0 amide bonds. The highest BCUT2D eigenvalue weighted by Gasteiger charge is 2.12. The lowest BCUT2D eigenvalue weighted by atomic mass is 10.2. The van der Waals surface area contributed by atoms with E-state index in [1.165, 1.54) is 11.8 Å². The van der Waals surface area contributed by atoms with Crippen LogP contribution < -0.4 is 9.47 Å². The van der Waals surface area contributed by atoms with Crippen LogP contribution in [0.3, 0.4) is 0 Å². The Morgan fingerprint density at radius 2 is 1.65 bits per heavy atom. The van der Waals surface area contributed by atoms with Crippen molar-refractivity contribution in [1.29, 1.82) is 0 Å². The van der Waals surface area contributed by atoms with Crippen LogP contribution >= 0.6 is 23.4 Å². The molecule has 0 atom stereocenters. The first-order valence-corrected chi connectivity index (χ1v) is 7.02. The van der Waals surface area contributed by atoms with Gasteiger partial charge in [0.1, 0.15) is 0 Å². The largest absolute Gasteiger partial charge is 0.493 e. The number of benzene rings is 2. The molecular formula is C15H13ClO3S. The first-order valence-electron chi connectivity index (χ1n) is 5.82. The molecule has 2 aromatic carbocycles. The van der Waals surface area contributed by atoms with E-state index in [4.69, 9.17) is 21.1 Å². The van der Waals surface area contributed by atoms with Crippen LogP contribution in [-0.4, -0.2) is 20.5 Å². The summed E-state index contributed by atoms with van der Waals surface area (Å²) in [5.41, 5.74) is 0.558. The van der Waals surface area contributed by atoms with Crippen LogP contribution in [0.5, 0.6) is 11.5 Å². The zero-order chi connectivity index (χ0) is 14.5. The highest BCUT2D eigenvalue weighted by Crippen LogP contribution is 2.37. The number of carbonyl (C=O) groups excluding carboxylic acids is 1. The number of rotatable bonds is 5. The van der Waals surface area contributed by atoms with Crippen LogP contribution in [0.4, 0.5) is 0 Å². The van der Waals surface area contributed by atoms with E-state index in [1.54, 1.807) is 26.4 Å². The Morgan fingerprint density at radius 3 is 2.20 bits per heavy atom. The van der Waals surface area contributed by atoms with E-state index in [0.29, 0.717) is 22.1 Å². The third-order valence-corrected chi connectivity index (χ3v) is 4.02. The monoisotopic (exact) mass is 308 g/mol. The molecule has 0 N–H and O–H groups in total. The Balaban J connectivity index is 2.39. The number of hydrogen-bond donors (Lipinski definition) is 0. The van der Waals surface area contributed by atoms with Crippen LogP contribution in [0.2, 0.25) is 5.02 Å². The number of hydrogen-bond acceptors (Lipinski definition) is 4. The molecule has 0 unspecified atom stereocenters. The Morgan fingerprint density at radius 1 is 1.05 bits per heavy atom. The summed E-state index contributed by atoms with van der Waals surface area (Å²) in [7, 11) is 3.10. The van der Waals surface area contributed by atoms with Gasteiger partial charge in [-0.2, -0.15) is 0 Å². The zero-order valence-corrected chi connectivity index (χ0v) is 12.6. The molecule has 0 aliphatic carbocycles. The van der Waals surface area contributed by atoms with Gasteiger partial charge < -0.3 is 9.47 Å². The third kappa shape index (κ3) is 3.26. The minimum absolute atomic E-state index is 0.537. The minimum Gasteiger partial charge on any atom is -0.493 e. The molecule has 2 rings (SSSR count). The van der Waals surface area contributed by atoms with E-state index in [1.807, 2.05) is 24.3 Å². The second-order valence-corrected chi connectivity index (χ2v) is 5.47. The van der Waals surface area contributed by atoms with E-state index in [2.05, 4.69) is 0 Å². The molecule has 0 heterocycles. The van der Waals surface area contributed by atoms with Gasteiger partial charge in [-0.25, -0.2) is 0 Å². The van der Waals surface area contributed by atoms with E-state index in [-0.39, 0.29) is 0 Å². The molecule has 0 spiro atoms. The molecule has 104 valence electrons. The van der Waals surface area contributed by atoms with Gasteiger partial charge in [-0.05, 0) is 36.4 Å². The van der Waals surface area contributed by atoms with Crippen molar-refractivity contribution in [2.75, 3.05) is 14.2 Å². The van der Waals surface area contributed by atoms with Crippen molar-refractivity contribution >= 4 is 29.6 Å². The van der Waals surface area contributed by atoms with Crippen molar-refractivity contribution in [3.8, 4) is 11.5 Å². The highest BCUT2D eigenvalue weighted by atomic mass is 35.5. The fourth-order valence-electron chi connectivity index (χ4n) is 1.69. The highest BCUT2D eigenvalue weighted by molar-refractivity contribution is 7.99. The third-order valence-electron chi connectivity index (χ3n) is 2.68. The number of methoxy groups -OCH3 is 2. The molecule has 5 heteroatoms. The van der Waals surface area contributed by atoms with Gasteiger partial charge in [0, 0.05) is 20.4 Å². The minimum atomic E-state index is 0.537. The molecule has 20 heavy (non-hydrogen) atoms. The van der Waals surface area contributed by atoms with Crippen LogP contribution in [-0.2, 0) is 0 Å². The van der Waals surface area contributed by atoms with Crippen LogP contribution in [0.25, 0.3) is 0 Å². The number of carbonyl (C=O) groups is 1. The van der Waals surface area contributed by atoms with E-state index >= 15 is 0 Å². The average molecular weight is 309 g/mol. The van der Waals surface area contributed by atoms with E-state index in [0.717, 1.165) is 16.1 Å². The summed E-state index contributed by atoms with van der Waals surface area (Å²) >= 11 is 7.33. The SMILES string of the molecule is COc1cc(C=O)c(Sc2ccc(Cl)cc2)cc1OC. The first-order chi connectivity index (χ1) is 9.67. The Hall–Kier alpha value is -1.65. The smallest absolute Gasteiger partial charge is 0.161 e. The van der Waals surface area contributed by atoms with Crippen molar-refractivity contribution < 1.29 is 14.3 Å². The van der Waals surface area contributed by atoms with Crippen molar-refractivity contribution in [2.24, 2.45) is 0 Å². The maximum absolute atomic E-state index is 11.2. The van der Waals surface area contributed by atoms with Gasteiger partial charge in [-0.3, -0.25) is 4.79 Å². The maximum Gasteiger partial charge on any atom is 0.161 e. The van der Waals surface area contributed by atoms with Gasteiger partial charge in [-0.1, -0.05) is 23.4 Å². The van der Waals surface area contributed by atoms with Gasteiger partial charge in [0.15, 0.2) is 17.8 Å². The van der Waals surface area contributed by atoms with E-state index in [9.17, 15) is 4.79 Å². The molecule has 2 aromatic rings. The molecule has 0 aromatic heterocycles. The average Bonchev–Trinajstić information content (AvgIpc) is 2.49. The predicted octanol–water partition coefficient (Wildman–Crippen LogP) is 4.32. The number of halogens is 1. The maximum atomic E-state index is 11.2. The second kappa shape index (κ2) is 6.68. The summed E-state index contributed by atoms with van der Waals surface area (Å²) < 4.78 is 10.4. The zero-order valence-electron chi connectivity index (χ0n) is 11.1. The first kappa shape index (κ1) is 14.8. The Bertz CT molecular complexity index is 611.